The van der Waals surface area contributed by atoms with Crippen LogP contribution in [0.5, 0.6) is 0 Å². The predicted octanol–water partition coefficient (Wildman–Crippen LogP) is 2.78. The van der Waals surface area contributed by atoms with Crippen LogP contribution in [0.15, 0.2) is 41.8 Å². The molecule has 0 radical (unpaired) electrons. The smallest absolute Gasteiger partial charge is 0.348 e. The first kappa shape index (κ1) is 20.9. The maximum atomic E-state index is 12.6. The zero-order chi connectivity index (χ0) is 21.0. The van der Waals surface area contributed by atoms with E-state index in [4.69, 9.17) is 9.47 Å². The highest BCUT2D eigenvalue weighted by Crippen LogP contribution is 2.29. The third-order valence-corrected chi connectivity index (χ3v) is 5.78. The molecule has 1 amide bonds. The second-order valence-electron chi connectivity index (χ2n) is 7.84. The molecule has 2 aliphatic rings. The molecule has 7 nitrogen and oxygen atoms in total. The summed E-state index contributed by atoms with van der Waals surface area (Å²) in [5.74, 6) is -0.737. The molecule has 1 aliphatic heterocycles. The molecule has 1 saturated carbocycles. The molecule has 7 heteroatoms. The zero-order valence-electron chi connectivity index (χ0n) is 17.1. The third-order valence-electron chi connectivity index (χ3n) is 5.78. The molecule has 1 aromatic carbocycles. The lowest BCUT2D eigenvalue weighted by Gasteiger charge is -2.35. The van der Waals surface area contributed by atoms with Gasteiger partial charge in [0.15, 0.2) is 18.3 Å². The maximum absolute atomic E-state index is 12.6. The van der Waals surface area contributed by atoms with Gasteiger partial charge in [-0.2, -0.15) is 0 Å². The summed E-state index contributed by atoms with van der Waals surface area (Å²) in [5.41, 5.74) is 0.474. The van der Waals surface area contributed by atoms with Crippen molar-refractivity contribution in [2.75, 3.05) is 11.9 Å². The van der Waals surface area contributed by atoms with Crippen LogP contribution in [0, 0.1) is 11.8 Å². The van der Waals surface area contributed by atoms with Gasteiger partial charge < -0.3 is 20.1 Å². The predicted molar refractivity (Wildman–Crippen MR) is 108 cm³/mol. The number of Topliss-reactive ketones (excluding diaryl/α,β-unsaturated/α-hetero) is 1. The molecule has 0 bridgehead atoms. The molecule has 1 aromatic rings. The van der Waals surface area contributed by atoms with Crippen molar-refractivity contribution in [3.63, 3.8) is 0 Å². The summed E-state index contributed by atoms with van der Waals surface area (Å²) >= 11 is 0. The number of ether oxygens (including phenoxy) is 2. The quantitative estimate of drug-likeness (QED) is 0.563. The first-order chi connectivity index (χ1) is 13.9. The van der Waals surface area contributed by atoms with Crippen molar-refractivity contribution in [1.82, 2.24) is 5.32 Å². The van der Waals surface area contributed by atoms with Crippen molar-refractivity contribution in [1.29, 1.82) is 0 Å². The largest absolute Gasteiger partial charge is 0.470 e. The Morgan fingerprint density at radius 2 is 1.90 bits per heavy atom. The Morgan fingerprint density at radius 3 is 2.62 bits per heavy atom. The first-order valence-electron chi connectivity index (χ1n) is 10.1. The normalized spacial score (nSPS) is 25.2. The van der Waals surface area contributed by atoms with Gasteiger partial charge in [0.1, 0.15) is 0 Å². The summed E-state index contributed by atoms with van der Waals surface area (Å²) in [7, 11) is 0. The van der Waals surface area contributed by atoms with E-state index >= 15 is 0 Å². The second-order valence-corrected chi connectivity index (χ2v) is 7.84. The summed E-state index contributed by atoms with van der Waals surface area (Å²) < 4.78 is 10.6. The van der Waals surface area contributed by atoms with Crippen molar-refractivity contribution < 1.29 is 23.9 Å². The van der Waals surface area contributed by atoms with Crippen LogP contribution >= 0.6 is 0 Å². The first-order valence-corrected chi connectivity index (χ1v) is 10.1. The van der Waals surface area contributed by atoms with Crippen molar-refractivity contribution in [3.05, 3.63) is 41.8 Å². The van der Waals surface area contributed by atoms with Crippen LogP contribution in [0.25, 0.3) is 0 Å². The van der Waals surface area contributed by atoms with Crippen LogP contribution < -0.4 is 10.6 Å². The van der Waals surface area contributed by atoms with Gasteiger partial charge in [0.05, 0.1) is 0 Å². The number of para-hydroxylation sites is 1. The van der Waals surface area contributed by atoms with E-state index in [1.165, 1.54) is 6.92 Å². The Bertz CT molecular complexity index is 805. The molecule has 3 rings (SSSR count). The van der Waals surface area contributed by atoms with Crippen molar-refractivity contribution in [2.45, 2.75) is 52.2 Å². The number of ketones is 1. The molecule has 0 unspecified atom stereocenters. The number of nitrogens with one attached hydrogen (secondary N) is 2. The number of carbonyl (C=O) groups excluding carboxylic acids is 3. The van der Waals surface area contributed by atoms with Gasteiger partial charge in [-0.05, 0) is 37.3 Å². The van der Waals surface area contributed by atoms with Gasteiger partial charge >= 0.3 is 5.97 Å². The van der Waals surface area contributed by atoms with Gasteiger partial charge in [0, 0.05) is 11.7 Å². The Labute approximate surface area is 170 Å². The maximum Gasteiger partial charge on any atom is 0.348 e. The molecule has 0 aromatic heterocycles. The van der Waals surface area contributed by atoms with E-state index in [2.05, 4.69) is 24.5 Å². The molecule has 156 valence electrons. The number of carbonyl (C=O) groups is 3. The molecule has 4 atom stereocenters. The Hall–Kier alpha value is -2.83. The number of esters is 1. The van der Waals surface area contributed by atoms with Crippen molar-refractivity contribution in [3.8, 4) is 0 Å². The Kier molecular flexibility index (Phi) is 6.56. The number of hydrogen-bond acceptors (Lipinski definition) is 6. The SMILES string of the molecule is C[C@@H]1[C@@H](C)CCC[C@H]1NC(=O)[C@@H](C)OC(=O)C1=C(Nc2ccccc2)OCC1=O. The summed E-state index contributed by atoms with van der Waals surface area (Å²) in [6.07, 6.45) is 2.13. The molecule has 1 aliphatic carbocycles. The van der Waals surface area contributed by atoms with Gasteiger partial charge in [-0.15, -0.1) is 0 Å². The van der Waals surface area contributed by atoms with Crippen molar-refractivity contribution in [2.24, 2.45) is 11.8 Å². The van der Waals surface area contributed by atoms with Gasteiger partial charge in [0.25, 0.3) is 5.91 Å². The number of benzene rings is 1. The van der Waals surface area contributed by atoms with Crippen LogP contribution in [0.3, 0.4) is 0 Å². The zero-order valence-corrected chi connectivity index (χ0v) is 17.1. The van der Waals surface area contributed by atoms with Gasteiger partial charge in [-0.3, -0.25) is 9.59 Å². The fourth-order valence-electron chi connectivity index (χ4n) is 3.73. The number of hydrogen-bond donors (Lipinski definition) is 2. The van der Waals surface area contributed by atoms with E-state index < -0.39 is 17.9 Å². The lowest BCUT2D eigenvalue weighted by Crippen LogP contribution is -2.47. The Morgan fingerprint density at radius 1 is 1.17 bits per heavy atom. The highest BCUT2D eigenvalue weighted by Gasteiger charge is 2.35. The summed E-state index contributed by atoms with van der Waals surface area (Å²) in [5, 5.41) is 5.91. The van der Waals surface area contributed by atoms with Gasteiger partial charge in [-0.25, -0.2) is 4.79 Å². The summed E-state index contributed by atoms with van der Waals surface area (Å²) in [6, 6.07) is 9.12. The minimum absolute atomic E-state index is 0.0496. The van der Waals surface area contributed by atoms with Crippen LogP contribution in [0.2, 0.25) is 0 Å². The highest BCUT2D eigenvalue weighted by atomic mass is 16.6. The van der Waals surface area contributed by atoms with E-state index in [0.29, 0.717) is 17.5 Å². The Balaban J connectivity index is 1.63. The second kappa shape index (κ2) is 9.11. The molecule has 2 N–H and O–H groups in total. The fourth-order valence-corrected chi connectivity index (χ4v) is 3.73. The lowest BCUT2D eigenvalue weighted by atomic mass is 9.78. The van der Waals surface area contributed by atoms with Crippen LogP contribution in [0.4, 0.5) is 5.69 Å². The number of anilines is 1. The molecular formula is C22H28N2O5. The van der Waals surface area contributed by atoms with E-state index in [1.54, 1.807) is 12.1 Å². The number of rotatable bonds is 6. The third kappa shape index (κ3) is 4.96. The molecule has 1 heterocycles. The van der Waals surface area contributed by atoms with Crippen LogP contribution in [-0.4, -0.2) is 36.4 Å². The molecule has 29 heavy (non-hydrogen) atoms. The van der Waals surface area contributed by atoms with Crippen LogP contribution in [-0.2, 0) is 23.9 Å². The summed E-state index contributed by atoms with van der Waals surface area (Å²) in [6.45, 7) is 5.59. The monoisotopic (exact) mass is 400 g/mol. The van der Waals surface area contributed by atoms with Gasteiger partial charge in [-0.1, -0.05) is 44.9 Å². The molecule has 0 spiro atoms. The molecular weight excluding hydrogens is 372 g/mol. The van der Waals surface area contributed by atoms with Crippen LogP contribution in [0.1, 0.15) is 40.0 Å². The van der Waals surface area contributed by atoms with E-state index in [9.17, 15) is 14.4 Å². The van der Waals surface area contributed by atoms with E-state index in [1.807, 2.05) is 18.2 Å². The summed E-state index contributed by atoms with van der Waals surface area (Å²) in [4.78, 5) is 37.3. The lowest BCUT2D eigenvalue weighted by molar-refractivity contribution is -0.152. The van der Waals surface area contributed by atoms with Crippen molar-refractivity contribution >= 4 is 23.3 Å². The average Bonchev–Trinajstić information content (AvgIpc) is 3.06. The topological polar surface area (TPSA) is 93.7 Å². The minimum atomic E-state index is -1.01. The standard InChI is InChI=1S/C22H28N2O5/c1-13-8-7-11-17(14(13)2)24-20(26)15(3)29-22(27)19-18(25)12-28-21(19)23-16-9-5-4-6-10-16/h4-6,9-10,13-15,17,23H,7-8,11-12H2,1-3H3,(H,24,26)/t13-,14+,15+,17+/m0/s1. The molecule has 1 fully saturated rings. The minimum Gasteiger partial charge on any atom is -0.470 e. The number of amides is 1. The van der Waals surface area contributed by atoms with E-state index in [-0.39, 0.29) is 30.0 Å². The fraction of sp³-hybridized carbons (Fsp3) is 0.500. The van der Waals surface area contributed by atoms with E-state index in [0.717, 1.165) is 19.3 Å². The highest BCUT2D eigenvalue weighted by molar-refractivity contribution is 6.20. The average molecular weight is 400 g/mol. The molecule has 0 saturated heterocycles. The van der Waals surface area contributed by atoms with Gasteiger partial charge in [0.2, 0.25) is 11.7 Å².